The fraction of sp³-hybridized carbons (Fsp3) is 0.659. The largest absolute Gasteiger partial charge is 0.481 e. The van der Waals surface area contributed by atoms with Gasteiger partial charge in [-0.25, -0.2) is 0 Å². The number of carbonyl (C=O) groups is 1. The first-order valence-corrected chi connectivity index (χ1v) is 42.6. The van der Waals surface area contributed by atoms with Crippen LogP contribution in [-0.4, -0.2) is 203 Å². The van der Waals surface area contributed by atoms with Crippen molar-refractivity contribution in [2.45, 2.75) is 229 Å². The summed E-state index contributed by atoms with van der Waals surface area (Å²) in [5, 5.41) is 46.7. The van der Waals surface area contributed by atoms with Gasteiger partial charge in [-0.3, -0.25) is 39.6 Å². The average Bonchev–Trinajstić information content (AvgIpc) is 0.827. The van der Waals surface area contributed by atoms with E-state index < -0.39 is 5.97 Å². The maximum atomic E-state index is 10.9. The molecule has 7 fully saturated rings. The molecule has 13 heterocycles. The topological polar surface area (TPSA) is 227 Å². The van der Waals surface area contributed by atoms with E-state index in [0.29, 0.717) is 66.5 Å². The van der Waals surface area contributed by atoms with Gasteiger partial charge < -0.3 is 59.7 Å². The van der Waals surface area contributed by atoms with Gasteiger partial charge in [-0.2, -0.15) is 0 Å². The Balaban J connectivity index is 0.000000168. The second-order valence-electron chi connectivity index (χ2n) is 34.7. The van der Waals surface area contributed by atoms with Crippen LogP contribution in [0.25, 0.3) is 0 Å². The fourth-order valence-corrected chi connectivity index (χ4v) is 15.6. The molecule has 0 spiro atoms. The third-order valence-corrected chi connectivity index (χ3v) is 24.1. The first kappa shape index (κ1) is 89.5. The van der Waals surface area contributed by atoms with Gasteiger partial charge in [0.15, 0.2) is 0 Å². The van der Waals surface area contributed by atoms with Crippen LogP contribution < -0.4 is 29.4 Å². The van der Waals surface area contributed by atoms with Crippen LogP contribution in [0.2, 0.25) is 0 Å². The molecule has 0 bridgehead atoms. The van der Waals surface area contributed by atoms with Crippen molar-refractivity contribution >= 4 is 40.1 Å². The van der Waals surface area contributed by atoms with Crippen molar-refractivity contribution in [1.82, 2.24) is 34.8 Å². The highest BCUT2D eigenvalue weighted by Gasteiger charge is 2.31. The van der Waals surface area contributed by atoms with Crippen molar-refractivity contribution in [2.24, 2.45) is 35.0 Å². The summed E-state index contributed by atoms with van der Waals surface area (Å²) in [5.41, 5.74) is 14.2. The van der Waals surface area contributed by atoms with Crippen LogP contribution in [0.3, 0.4) is 0 Å². The number of aliphatic carboxylic acids is 1. The van der Waals surface area contributed by atoms with Gasteiger partial charge in [-0.15, -0.1) is 0 Å². The molecule has 20 nitrogen and oxygen atoms in total. The summed E-state index contributed by atoms with van der Waals surface area (Å²) in [6.07, 6.45) is 24.1. The summed E-state index contributed by atoms with van der Waals surface area (Å²) >= 11 is 0. The van der Waals surface area contributed by atoms with Gasteiger partial charge in [-0.1, -0.05) is 90.0 Å². The molecule has 0 aliphatic carbocycles. The lowest BCUT2D eigenvalue weighted by atomic mass is 9.81. The summed E-state index contributed by atoms with van der Waals surface area (Å²) in [5.74, 6) is 4.32. The number of aliphatic hydroxyl groups excluding tert-OH is 4. The zero-order valence-corrected chi connectivity index (χ0v) is 70.7. The summed E-state index contributed by atoms with van der Waals surface area (Å²) < 4.78 is 5.43. The Morgan fingerprint density at radius 1 is 0.378 bits per heavy atom. The first-order chi connectivity index (χ1) is 53.2. The monoisotopic (exact) mass is 1530 g/mol. The number of carboxylic acid groups (broad SMARTS) is 1. The minimum Gasteiger partial charge on any atom is -0.481 e. The van der Waals surface area contributed by atoms with Gasteiger partial charge in [0.05, 0.1) is 103 Å². The SMILES string of the molecule is CC(C)c1ccc(N2CCC(C(=O)O)CC2)cn1.CC(C)c1ccc(N2CCC(C(C)O)CC2)cn1.CC(C)c1ccc(N2CCC(C)(CO)CC2)cn1.CC(C)c1ccc(N2CCC(CN3CCOCC3)CC2)cn1.CC(C)c1ccc(N2CCC(CO)CC2)cn1.CC(C)c1ccc(N2CCC([C@H](C)O)CC2)cn1. The first-order valence-electron chi connectivity index (χ1n) is 42.6. The molecular weight excluding hydrogens is 1390 g/mol. The highest BCUT2D eigenvalue weighted by molar-refractivity contribution is 5.70. The van der Waals surface area contributed by atoms with Crippen LogP contribution in [0.15, 0.2) is 110 Å². The predicted octanol–water partition coefficient (Wildman–Crippen LogP) is 16.1. The van der Waals surface area contributed by atoms with Gasteiger partial charge in [0.1, 0.15) is 0 Å². The van der Waals surface area contributed by atoms with Gasteiger partial charge >= 0.3 is 5.97 Å². The number of piperidine rings is 6. The Hall–Kier alpha value is -7.07. The second kappa shape index (κ2) is 45.1. The molecule has 6 aromatic rings. The van der Waals surface area contributed by atoms with E-state index in [1.165, 1.54) is 53.5 Å². The number of morpholine rings is 1. The molecule has 614 valence electrons. The van der Waals surface area contributed by atoms with Gasteiger partial charge in [-0.05, 0) is 228 Å². The van der Waals surface area contributed by atoms with E-state index in [9.17, 15) is 20.1 Å². The standard InChI is InChI=1S/C18H29N3O.3C15H24N2O.C14H20N2O2.C14H22N2O/c1-15(2)18-4-3-17(13-19-18)21-7-5-16(6-8-21)14-20-9-11-22-12-10-20;1-12(2)14-5-4-13(10-16-14)17-8-6-15(3,11-18)7-9-17;2*1-11(2)15-5-4-14(10-16-15)17-8-6-13(7-9-17)12(3)18;1-10(2)13-4-3-12(9-15-13)16-7-5-11(6-8-16)14(17)18;1-11(2)14-4-3-13(9-15-14)16-7-5-12(10-17)6-8-16/h3-4,13,15-16H,5-12,14H2,1-2H3;4-5,10,12,18H,6-9,11H2,1-3H3;2*4-5,10-13,18H,6-9H2,1-3H3;3-4,9-11H,5-8H2,1-2H3,(H,17,18);3-4,9,11-12,17H,5-8,10H2,1-2H3/t;;12-;;;/m..0.../s1. The smallest absolute Gasteiger partial charge is 0.306 e. The van der Waals surface area contributed by atoms with Crippen molar-refractivity contribution in [1.29, 1.82) is 0 Å². The second-order valence-corrected chi connectivity index (χ2v) is 34.7. The van der Waals surface area contributed by atoms with Crippen molar-refractivity contribution in [3.63, 3.8) is 0 Å². The molecule has 20 heteroatoms. The average molecular weight is 1530 g/mol. The minimum absolute atomic E-state index is 0.113. The Labute approximate surface area is 668 Å². The molecule has 5 N–H and O–H groups in total. The Kier molecular flexibility index (Phi) is 36.4. The molecule has 7 aliphatic heterocycles. The zero-order valence-electron chi connectivity index (χ0n) is 70.7. The van der Waals surface area contributed by atoms with Crippen molar-refractivity contribution in [2.75, 3.05) is 154 Å². The zero-order chi connectivity index (χ0) is 80.2. The van der Waals surface area contributed by atoms with E-state index in [1.54, 1.807) is 0 Å². The van der Waals surface area contributed by atoms with Gasteiger partial charge in [0.2, 0.25) is 0 Å². The summed E-state index contributed by atoms with van der Waals surface area (Å²) in [7, 11) is 0. The molecule has 6 aromatic heterocycles. The molecule has 2 atom stereocenters. The summed E-state index contributed by atoms with van der Waals surface area (Å²) in [4.78, 5) is 54.8. The number of ether oxygens (including phenoxy) is 1. The molecule has 7 saturated heterocycles. The van der Waals surface area contributed by atoms with Crippen LogP contribution in [0.4, 0.5) is 34.1 Å². The highest BCUT2D eigenvalue weighted by Crippen LogP contribution is 2.35. The van der Waals surface area contributed by atoms with Crippen molar-refractivity contribution in [3.8, 4) is 0 Å². The Morgan fingerprint density at radius 2 is 0.631 bits per heavy atom. The molecule has 7 aliphatic rings. The molecular formula is C91H143N13O7. The predicted molar refractivity (Wildman–Crippen MR) is 457 cm³/mol. The number of hydrogen-bond donors (Lipinski definition) is 5. The van der Waals surface area contributed by atoms with Crippen molar-refractivity contribution < 1.29 is 35.1 Å². The van der Waals surface area contributed by atoms with Crippen LogP contribution in [0.5, 0.6) is 0 Å². The molecule has 0 saturated carbocycles. The number of rotatable bonds is 19. The third kappa shape index (κ3) is 28.5. The van der Waals surface area contributed by atoms with Crippen LogP contribution >= 0.6 is 0 Å². The Morgan fingerprint density at radius 3 is 0.856 bits per heavy atom. The normalized spacial score (nSPS) is 19.1. The van der Waals surface area contributed by atoms with Crippen LogP contribution in [0, 0.1) is 35.0 Å². The minimum atomic E-state index is -0.664. The number of aliphatic hydroxyl groups is 4. The van der Waals surface area contributed by atoms with Crippen LogP contribution in [-0.2, 0) is 9.53 Å². The lowest BCUT2D eigenvalue weighted by molar-refractivity contribution is -0.142. The molecule has 0 amide bonds. The lowest BCUT2D eigenvalue weighted by Gasteiger charge is -2.39. The van der Waals surface area contributed by atoms with E-state index in [2.05, 4.69) is 233 Å². The number of carboxylic acids is 1. The van der Waals surface area contributed by atoms with Crippen molar-refractivity contribution in [3.05, 3.63) is 144 Å². The molecule has 13 rings (SSSR count). The third-order valence-electron chi connectivity index (χ3n) is 24.1. The Bertz CT molecular complexity index is 3440. The number of nitrogens with zero attached hydrogens (tertiary/aromatic N) is 13. The molecule has 0 radical (unpaired) electrons. The quantitative estimate of drug-likeness (QED) is 0.0508. The number of pyridine rings is 6. The van der Waals surface area contributed by atoms with E-state index >= 15 is 0 Å². The molecule has 1 unspecified atom stereocenters. The highest BCUT2D eigenvalue weighted by atomic mass is 16.5. The lowest BCUT2D eigenvalue weighted by Crippen LogP contribution is -2.42. The maximum Gasteiger partial charge on any atom is 0.306 e. The number of anilines is 6. The molecule has 111 heavy (non-hydrogen) atoms. The van der Waals surface area contributed by atoms with E-state index in [1.807, 2.05) is 44.8 Å². The maximum absolute atomic E-state index is 10.9. The number of aromatic nitrogens is 6. The summed E-state index contributed by atoms with van der Waals surface area (Å²) in [6.45, 7) is 50.0. The number of hydrogen-bond acceptors (Lipinski definition) is 19. The molecule has 0 aromatic carbocycles. The fourth-order valence-electron chi connectivity index (χ4n) is 15.6. The van der Waals surface area contributed by atoms with E-state index in [-0.39, 0.29) is 23.5 Å². The van der Waals surface area contributed by atoms with E-state index in [0.717, 1.165) is 209 Å². The van der Waals surface area contributed by atoms with Gasteiger partial charge in [0, 0.05) is 146 Å². The van der Waals surface area contributed by atoms with Crippen LogP contribution in [0.1, 0.15) is 251 Å². The van der Waals surface area contributed by atoms with E-state index in [4.69, 9.17) is 14.9 Å². The van der Waals surface area contributed by atoms with Gasteiger partial charge in [0.25, 0.3) is 0 Å². The summed E-state index contributed by atoms with van der Waals surface area (Å²) in [6, 6.07) is 25.7.